The van der Waals surface area contributed by atoms with Crippen LogP contribution in [0.3, 0.4) is 0 Å². The van der Waals surface area contributed by atoms with Gasteiger partial charge in [0.15, 0.2) is 0 Å². The van der Waals surface area contributed by atoms with Gasteiger partial charge in [0.2, 0.25) is 5.95 Å². The molecule has 0 saturated carbocycles. The minimum atomic E-state index is -0.343. The van der Waals surface area contributed by atoms with Crippen LogP contribution in [0.4, 0.5) is 5.95 Å². The number of aromatic amines is 1. The van der Waals surface area contributed by atoms with Gasteiger partial charge in [0.1, 0.15) is 18.0 Å². The molecule has 0 amide bonds. The summed E-state index contributed by atoms with van der Waals surface area (Å²) in [6, 6.07) is 1.67. The maximum atomic E-state index is 11.0. The normalized spacial score (nSPS) is 9.85. The first-order valence-electron chi connectivity index (χ1n) is 3.35. The lowest BCUT2D eigenvalue weighted by Gasteiger charge is -1.95. The van der Waals surface area contributed by atoms with Crippen molar-refractivity contribution in [1.29, 1.82) is 5.26 Å². The van der Waals surface area contributed by atoms with E-state index >= 15 is 0 Å². The van der Waals surface area contributed by atoms with E-state index in [4.69, 9.17) is 5.26 Å². The average Bonchev–Trinajstić information content (AvgIpc) is 2.12. The molecular weight excluding hydrogens is 172 g/mol. The molecule has 0 unspecified atom stereocenters. The molecular formula is C6H6N6O. The predicted octanol–water partition coefficient (Wildman–Crippen LogP) is -0.605. The molecule has 1 rings (SSSR count). The number of rotatable bonds is 2. The summed E-state index contributed by atoms with van der Waals surface area (Å²) in [6.07, 6.45) is 0.972. The minimum Gasteiger partial charge on any atom is -0.288 e. The van der Waals surface area contributed by atoms with Gasteiger partial charge in [-0.15, -0.1) is 10.2 Å². The van der Waals surface area contributed by atoms with Crippen molar-refractivity contribution in [3.63, 3.8) is 0 Å². The molecule has 1 aromatic rings. The second-order valence-electron chi connectivity index (χ2n) is 2.09. The molecule has 0 spiro atoms. The van der Waals surface area contributed by atoms with Crippen molar-refractivity contribution < 1.29 is 0 Å². The molecule has 0 aromatic carbocycles. The molecule has 1 heterocycles. The number of hydrazone groups is 1. The zero-order valence-corrected chi connectivity index (χ0v) is 6.77. The van der Waals surface area contributed by atoms with Crippen LogP contribution in [0, 0.1) is 18.3 Å². The molecule has 66 valence electrons. The molecule has 7 nitrogen and oxygen atoms in total. The van der Waals surface area contributed by atoms with Gasteiger partial charge in [-0.3, -0.25) is 9.78 Å². The van der Waals surface area contributed by atoms with E-state index in [0.717, 1.165) is 6.21 Å². The van der Waals surface area contributed by atoms with Crippen molar-refractivity contribution in [2.24, 2.45) is 5.10 Å². The monoisotopic (exact) mass is 178 g/mol. The number of aryl methyl sites for hydroxylation is 1. The van der Waals surface area contributed by atoms with E-state index < -0.39 is 0 Å². The third-order valence-corrected chi connectivity index (χ3v) is 1.15. The topological polar surface area (TPSA) is 107 Å². The Morgan fingerprint density at radius 2 is 2.46 bits per heavy atom. The molecule has 0 aliphatic heterocycles. The van der Waals surface area contributed by atoms with Crippen LogP contribution >= 0.6 is 0 Å². The van der Waals surface area contributed by atoms with Gasteiger partial charge in [0.05, 0.1) is 0 Å². The Hall–Kier alpha value is -2.23. The molecule has 13 heavy (non-hydrogen) atoms. The van der Waals surface area contributed by atoms with Gasteiger partial charge < -0.3 is 0 Å². The van der Waals surface area contributed by atoms with Gasteiger partial charge in [0, 0.05) is 0 Å². The van der Waals surface area contributed by atoms with Gasteiger partial charge in [-0.2, -0.15) is 10.4 Å². The summed E-state index contributed by atoms with van der Waals surface area (Å²) in [6.45, 7) is 1.54. The minimum absolute atomic E-state index is 0.0992. The summed E-state index contributed by atoms with van der Waals surface area (Å²) in [5.41, 5.74) is 2.26. The number of nitrogens with one attached hydrogen (secondary N) is 2. The predicted molar refractivity (Wildman–Crippen MR) is 45.1 cm³/mol. The zero-order valence-electron chi connectivity index (χ0n) is 6.77. The Kier molecular flexibility index (Phi) is 2.70. The second kappa shape index (κ2) is 3.96. The summed E-state index contributed by atoms with van der Waals surface area (Å²) in [5, 5.41) is 18.6. The summed E-state index contributed by atoms with van der Waals surface area (Å²) >= 11 is 0. The van der Waals surface area contributed by atoms with Crippen molar-refractivity contribution in [2.45, 2.75) is 6.92 Å². The van der Waals surface area contributed by atoms with Gasteiger partial charge >= 0.3 is 0 Å². The van der Waals surface area contributed by atoms with Crippen molar-refractivity contribution in [3.8, 4) is 6.07 Å². The molecule has 0 bridgehead atoms. The van der Waals surface area contributed by atoms with Gasteiger partial charge in [-0.1, -0.05) is 0 Å². The fraction of sp³-hybridized carbons (Fsp3) is 0.167. The molecule has 0 radical (unpaired) electrons. The lowest BCUT2D eigenvalue weighted by molar-refractivity contribution is 0.897. The first-order chi connectivity index (χ1) is 6.24. The fourth-order valence-corrected chi connectivity index (χ4v) is 0.566. The van der Waals surface area contributed by atoms with E-state index in [1.807, 2.05) is 0 Å². The Bertz CT molecular complexity index is 414. The SMILES string of the molecule is Cc1nnc(N/N=C/C#N)[nH]c1=O. The highest BCUT2D eigenvalue weighted by Crippen LogP contribution is 1.88. The highest BCUT2D eigenvalue weighted by molar-refractivity contribution is 5.75. The van der Waals surface area contributed by atoms with Gasteiger partial charge in [-0.25, -0.2) is 5.43 Å². The molecule has 0 aliphatic carbocycles. The van der Waals surface area contributed by atoms with Crippen LogP contribution in [0.15, 0.2) is 9.90 Å². The van der Waals surface area contributed by atoms with E-state index in [0.29, 0.717) is 0 Å². The highest BCUT2D eigenvalue weighted by atomic mass is 16.1. The Morgan fingerprint density at radius 3 is 3.08 bits per heavy atom. The van der Waals surface area contributed by atoms with Crippen LogP contribution in [0.2, 0.25) is 0 Å². The lowest BCUT2D eigenvalue weighted by Crippen LogP contribution is -2.15. The first kappa shape index (κ1) is 8.86. The second-order valence-corrected chi connectivity index (χ2v) is 2.09. The number of anilines is 1. The maximum absolute atomic E-state index is 11.0. The number of nitriles is 1. The maximum Gasteiger partial charge on any atom is 0.274 e. The van der Waals surface area contributed by atoms with E-state index in [9.17, 15) is 4.79 Å². The van der Waals surface area contributed by atoms with Crippen molar-refractivity contribution in [1.82, 2.24) is 15.2 Å². The molecule has 1 aromatic heterocycles. The third-order valence-electron chi connectivity index (χ3n) is 1.15. The standard InChI is InChI=1S/C6H6N6O/c1-4-5(13)9-6(12-10-4)11-8-3-2-7/h3H,1H3,(H2,9,11,12,13)/b8-3+. The summed E-state index contributed by atoms with van der Waals surface area (Å²) < 4.78 is 0. The Morgan fingerprint density at radius 1 is 1.69 bits per heavy atom. The number of hydrogen-bond acceptors (Lipinski definition) is 6. The summed E-state index contributed by atoms with van der Waals surface area (Å²) in [7, 11) is 0. The van der Waals surface area contributed by atoms with Crippen LogP contribution < -0.4 is 11.0 Å². The molecule has 0 aliphatic rings. The Balaban J connectivity index is 2.81. The van der Waals surface area contributed by atoms with Crippen molar-refractivity contribution in [2.75, 3.05) is 5.43 Å². The average molecular weight is 178 g/mol. The zero-order chi connectivity index (χ0) is 9.68. The third kappa shape index (κ3) is 2.37. The van der Waals surface area contributed by atoms with E-state index in [1.165, 1.54) is 6.92 Å². The smallest absolute Gasteiger partial charge is 0.274 e. The van der Waals surface area contributed by atoms with Crippen LogP contribution in [-0.4, -0.2) is 21.4 Å². The van der Waals surface area contributed by atoms with E-state index in [-0.39, 0.29) is 17.2 Å². The summed E-state index contributed by atoms with van der Waals surface area (Å²) in [4.78, 5) is 13.3. The number of aromatic nitrogens is 3. The number of nitrogens with zero attached hydrogens (tertiary/aromatic N) is 4. The molecule has 0 fully saturated rings. The largest absolute Gasteiger partial charge is 0.288 e. The number of hydrogen-bond donors (Lipinski definition) is 2. The molecule has 0 atom stereocenters. The van der Waals surface area contributed by atoms with Crippen LogP contribution in [0.1, 0.15) is 5.69 Å². The number of H-pyrrole nitrogens is 1. The molecule has 7 heteroatoms. The van der Waals surface area contributed by atoms with E-state index in [2.05, 4.69) is 25.7 Å². The molecule has 0 saturated heterocycles. The quantitative estimate of drug-likeness (QED) is 0.464. The molecule has 2 N–H and O–H groups in total. The van der Waals surface area contributed by atoms with Gasteiger partial charge in [0.25, 0.3) is 5.56 Å². The summed E-state index contributed by atoms with van der Waals surface area (Å²) in [5.74, 6) is 0.0992. The fourth-order valence-electron chi connectivity index (χ4n) is 0.566. The highest BCUT2D eigenvalue weighted by Gasteiger charge is 1.96. The van der Waals surface area contributed by atoms with Crippen LogP contribution in [0.5, 0.6) is 0 Å². The lowest BCUT2D eigenvalue weighted by atomic mass is 10.5. The van der Waals surface area contributed by atoms with Crippen molar-refractivity contribution >= 4 is 12.2 Å². The Labute approximate surface area is 73.1 Å². The first-order valence-corrected chi connectivity index (χ1v) is 3.35. The van der Waals surface area contributed by atoms with E-state index in [1.54, 1.807) is 6.07 Å². The van der Waals surface area contributed by atoms with Crippen LogP contribution in [0.25, 0.3) is 0 Å². The van der Waals surface area contributed by atoms with Gasteiger partial charge in [-0.05, 0) is 6.92 Å². The van der Waals surface area contributed by atoms with Crippen LogP contribution in [-0.2, 0) is 0 Å². The van der Waals surface area contributed by atoms with Crippen molar-refractivity contribution in [3.05, 3.63) is 16.0 Å².